The Balaban J connectivity index is 1.55. The molecule has 9 heteroatoms. The fourth-order valence-corrected chi connectivity index (χ4v) is 4.35. The Morgan fingerprint density at radius 3 is 2.52 bits per heavy atom. The molecule has 2 bridgehead atoms. The van der Waals surface area contributed by atoms with Crippen molar-refractivity contribution in [3.8, 4) is 5.75 Å². The molecule has 0 N–H and O–H groups in total. The molecule has 0 saturated carbocycles. The van der Waals surface area contributed by atoms with Gasteiger partial charge in [-0.25, -0.2) is 4.79 Å². The Labute approximate surface area is 183 Å². The number of amides is 1. The molecule has 3 saturated heterocycles. The minimum atomic E-state index is -4.79. The number of rotatable bonds is 5. The lowest BCUT2D eigenvalue weighted by atomic mass is 9.86. The fourth-order valence-electron chi connectivity index (χ4n) is 4.17. The third-order valence-electron chi connectivity index (χ3n) is 5.66. The van der Waals surface area contributed by atoms with Gasteiger partial charge in [0.05, 0.1) is 6.54 Å². The second-order valence-corrected chi connectivity index (χ2v) is 8.26. The number of alkyl halides is 3. The lowest BCUT2D eigenvalue weighted by molar-refractivity contribution is -0.274. The van der Waals surface area contributed by atoms with Crippen LogP contribution in [0.5, 0.6) is 5.75 Å². The van der Waals surface area contributed by atoms with E-state index in [0.717, 1.165) is 25.9 Å². The molecule has 31 heavy (non-hydrogen) atoms. The molecule has 2 aromatic rings. The van der Waals surface area contributed by atoms with Crippen LogP contribution in [0, 0.1) is 5.92 Å². The number of carbonyl (C=O) groups is 1. The second kappa shape index (κ2) is 8.96. The van der Waals surface area contributed by atoms with E-state index in [9.17, 15) is 18.0 Å². The van der Waals surface area contributed by atoms with Crippen molar-refractivity contribution in [3.05, 3.63) is 59.1 Å². The molecule has 0 aliphatic carbocycles. The molecule has 0 radical (unpaired) electrons. The van der Waals surface area contributed by atoms with Crippen molar-refractivity contribution in [1.29, 1.82) is 0 Å². The molecular weight excluding hydrogens is 433 g/mol. The van der Waals surface area contributed by atoms with E-state index in [4.69, 9.17) is 16.3 Å². The topological polar surface area (TPSA) is 42.0 Å². The van der Waals surface area contributed by atoms with E-state index in [1.165, 1.54) is 23.1 Å². The summed E-state index contributed by atoms with van der Waals surface area (Å²) in [4.78, 5) is 16.8. The van der Waals surface area contributed by atoms with Crippen molar-refractivity contribution in [2.75, 3.05) is 24.5 Å². The lowest BCUT2D eigenvalue weighted by Gasteiger charge is -2.44. The predicted octanol–water partition coefficient (Wildman–Crippen LogP) is 5.48. The van der Waals surface area contributed by atoms with E-state index >= 15 is 0 Å². The Kier molecular flexibility index (Phi) is 6.29. The molecular formula is C22H22ClF3N2O3. The largest absolute Gasteiger partial charge is 0.573 e. The molecule has 0 spiro atoms. The summed E-state index contributed by atoms with van der Waals surface area (Å²) >= 11 is 6.11. The van der Waals surface area contributed by atoms with Crippen LogP contribution in [0.4, 0.5) is 23.7 Å². The van der Waals surface area contributed by atoms with Crippen molar-refractivity contribution in [2.45, 2.75) is 31.9 Å². The van der Waals surface area contributed by atoms with E-state index in [1.807, 2.05) is 0 Å². The van der Waals surface area contributed by atoms with Crippen LogP contribution in [0.2, 0.25) is 5.02 Å². The van der Waals surface area contributed by atoms with Crippen molar-refractivity contribution < 1.29 is 27.4 Å². The predicted molar refractivity (Wildman–Crippen MR) is 110 cm³/mol. The maximum atomic E-state index is 13.1. The number of hydrogen-bond donors (Lipinski definition) is 0. The molecule has 3 aliphatic rings. The number of nitrogens with zero attached hydrogens (tertiary/aromatic N) is 2. The highest BCUT2D eigenvalue weighted by molar-refractivity contribution is 6.30. The van der Waals surface area contributed by atoms with Gasteiger partial charge in [-0.2, -0.15) is 0 Å². The molecule has 1 amide bonds. The van der Waals surface area contributed by atoms with E-state index in [0.29, 0.717) is 28.7 Å². The number of carbonyl (C=O) groups excluding carboxylic acids is 1. The van der Waals surface area contributed by atoms with Gasteiger partial charge in [-0.3, -0.25) is 9.80 Å². The third kappa shape index (κ3) is 5.62. The molecule has 1 atom stereocenters. The van der Waals surface area contributed by atoms with E-state index in [-0.39, 0.29) is 18.4 Å². The molecule has 3 aliphatic heterocycles. The van der Waals surface area contributed by atoms with E-state index < -0.39 is 12.5 Å². The Bertz CT molecular complexity index is 932. The molecule has 166 valence electrons. The van der Waals surface area contributed by atoms with Crippen molar-refractivity contribution in [2.24, 2.45) is 5.92 Å². The highest BCUT2D eigenvalue weighted by Gasteiger charge is 2.37. The van der Waals surface area contributed by atoms with Gasteiger partial charge in [-0.1, -0.05) is 29.8 Å². The Morgan fingerprint density at radius 1 is 1.13 bits per heavy atom. The van der Waals surface area contributed by atoms with Crippen LogP contribution in [-0.4, -0.2) is 43.1 Å². The quantitative estimate of drug-likeness (QED) is 0.600. The molecule has 2 aromatic carbocycles. The lowest BCUT2D eigenvalue weighted by Crippen LogP contribution is -2.53. The van der Waals surface area contributed by atoms with Crippen LogP contribution in [-0.2, 0) is 11.3 Å². The van der Waals surface area contributed by atoms with Gasteiger partial charge in [0.1, 0.15) is 11.9 Å². The van der Waals surface area contributed by atoms with E-state index in [1.54, 1.807) is 30.3 Å². The van der Waals surface area contributed by atoms with Gasteiger partial charge in [0.2, 0.25) is 0 Å². The number of piperidine rings is 3. The third-order valence-corrected chi connectivity index (χ3v) is 5.90. The highest BCUT2D eigenvalue weighted by Crippen LogP contribution is 2.31. The number of anilines is 1. The number of halogens is 4. The summed E-state index contributed by atoms with van der Waals surface area (Å²) in [5, 5.41) is 0.437. The summed E-state index contributed by atoms with van der Waals surface area (Å²) in [5.41, 5.74) is 0.966. The minimum Gasteiger partial charge on any atom is -0.444 e. The van der Waals surface area contributed by atoms with Crippen LogP contribution in [0.25, 0.3) is 0 Å². The zero-order chi connectivity index (χ0) is 22.0. The minimum absolute atomic E-state index is 0.00926. The molecule has 3 fully saturated rings. The number of fused-ring (bicyclic) bond motifs is 3. The zero-order valence-electron chi connectivity index (χ0n) is 16.6. The Hall–Kier alpha value is -2.45. The van der Waals surface area contributed by atoms with Crippen LogP contribution < -0.4 is 9.64 Å². The molecule has 3 heterocycles. The summed E-state index contributed by atoms with van der Waals surface area (Å²) in [7, 11) is 0. The first kappa shape index (κ1) is 21.8. The van der Waals surface area contributed by atoms with Gasteiger partial charge in [-0.05, 0) is 67.7 Å². The first-order chi connectivity index (χ1) is 14.8. The van der Waals surface area contributed by atoms with Crippen molar-refractivity contribution in [1.82, 2.24) is 4.90 Å². The SMILES string of the molecule is O=C(O[C@H]1CN2CCC1CC2)N(Cc1cccc(OC(F)(F)F)c1)c1cccc(Cl)c1. The standard InChI is InChI=1S/C22H22ClF3N2O3/c23-17-4-2-5-18(12-17)28(13-15-3-1-6-19(11-15)31-22(24,25)26)21(29)30-20-14-27-9-7-16(20)8-10-27/h1-6,11-12,16,20H,7-10,13-14H2/t20-/m0/s1. The number of hydrogen-bond acceptors (Lipinski definition) is 4. The summed E-state index contributed by atoms with van der Waals surface area (Å²) < 4.78 is 47.6. The molecule has 5 rings (SSSR count). The van der Waals surface area contributed by atoms with Crippen LogP contribution in [0.3, 0.4) is 0 Å². The first-order valence-electron chi connectivity index (χ1n) is 10.1. The van der Waals surface area contributed by atoms with Gasteiger partial charge in [0.15, 0.2) is 0 Å². The van der Waals surface area contributed by atoms with Gasteiger partial charge < -0.3 is 9.47 Å². The first-order valence-corrected chi connectivity index (χ1v) is 10.5. The van der Waals surface area contributed by atoms with Crippen LogP contribution in [0.15, 0.2) is 48.5 Å². The van der Waals surface area contributed by atoms with E-state index in [2.05, 4.69) is 9.64 Å². The summed E-state index contributed by atoms with van der Waals surface area (Å²) in [6.45, 7) is 2.75. The molecule has 0 unspecified atom stereocenters. The normalized spacial score (nSPS) is 22.8. The average Bonchev–Trinajstić information content (AvgIpc) is 2.72. The van der Waals surface area contributed by atoms with Crippen LogP contribution >= 0.6 is 11.6 Å². The van der Waals surface area contributed by atoms with Gasteiger partial charge in [0.25, 0.3) is 0 Å². The maximum absolute atomic E-state index is 13.1. The molecule has 0 aromatic heterocycles. The van der Waals surface area contributed by atoms with Gasteiger partial charge in [-0.15, -0.1) is 13.2 Å². The van der Waals surface area contributed by atoms with Crippen LogP contribution in [0.1, 0.15) is 18.4 Å². The molecule has 5 nitrogen and oxygen atoms in total. The second-order valence-electron chi connectivity index (χ2n) is 7.82. The Morgan fingerprint density at radius 2 is 1.87 bits per heavy atom. The number of benzene rings is 2. The monoisotopic (exact) mass is 454 g/mol. The van der Waals surface area contributed by atoms with Gasteiger partial charge in [0, 0.05) is 17.3 Å². The highest BCUT2D eigenvalue weighted by atomic mass is 35.5. The smallest absolute Gasteiger partial charge is 0.444 e. The van der Waals surface area contributed by atoms with Crippen molar-refractivity contribution in [3.63, 3.8) is 0 Å². The summed E-state index contributed by atoms with van der Waals surface area (Å²) in [6, 6.07) is 12.3. The van der Waals surface area contributed by atoms with Gasteiger partial charge >= 0.3 is 12.5 Å². The summed E-state index contributed by atoms with van der Waals surface area (Å²) in [6.07, 6.45) is -3.56. The maximum Gasteiger partial charge on any atom is 0.573 e. The fraction of sp³-hybridized carbons (Fsp3) is 0.409. The zero-order valence-corrected chi connectivity index (χ0v) is 17.4. The summed E-state index contributed by atoms with van der Waals surface area (Å²) in [5.74, 6) is -0.0134. The number of ether oxygens (including phenoxy) is 2. The average molecular weight is 455 g/mol. The van der Waals surface area contributed by atoms with Crippen molar-refractivity contribution >= 4 is 23.4 Å².